The maximum atomic E-state index is 12.9. The molecule has 0 spiro atoms. The third kappa shape index (κ3) is 3.00. The quantitative estimate of drug-likeness (QED) is 0.758. The summed E-state index contributed by atoms with van der Waals surface area (Å²) in [4.78, 5) is 4.55. The van der Waals surface area contributed by atoms with Gasteiger partial charge in [0.15, 0.2) is 0 Å². The van der Waals surface area contributed by atoms with Crippen molar-refractivity contribution in [2.24, 2.45) is 0 Å². The van der Waals surface area contributed by atoms with E-state index in [1.807, 2.05) is 16.8 Å². The SMILES string of the molecule is Fc1ccc(-c2nc(CNc3ccsc3)cs2)cc1. The zero-order valence-corrected chi connectivity index (χ0v) is 11.6. The number of thiophene rings is 1. The van der Waals surface area contributed by atoms with E-state index in [4.69, 9.17) is 0 Å². The molecule has 0 atom stereocenters. The molecule has 3 rings (SSSR count). The molecular weight excluding hydrogens is 279 g/mol. The van der Waals surface area contributed by atoms with Crippen molar-refractivity contribution in [1.29, 1.82) is 0 Å². The van der Waals surface area contributed by atoms with Crippen LogP contribution in [0.15, 0.2) is 46.5 Å². The van der Waals surface area contributed by atoms with Crippen molar-refractivity contribution in [2.75, 3.05) is 5.32 Å². The second kappa shape index (κ2) is 5.50. The highest BCUT2D eigenvalue weighted by atomic mass is 32.1. The Morgan fingerprint density at radius 2 is 1.95 bits per heavy atom. The molecule has 2 aromatic heterocycles. The number of nitrogens with zero attached hydrogens (tertiary/aromatic N) is 1. The topological polar surface area (TPSA) is 24.9 Å². The molecule has 0 saturated heterocycles. The Labute approximate surface area is 118 Å². The van der Waals surface area contributed by atoms with E-state index in [9.17, 15) is 4.39 Å². The highest BCUT2D eigenvalue weighted by Crippen LogP contribution is 2.24. The lowest BCUT2D eigenvalue weighted by atomic mass is 10.2. The van der Waals surface area contributed by atoms with Crippen LogP contribution in [0.1, 0.15) is 5.69 Å². The number of benzene rings is 1. The molecule has 0 aliphatic heterocycles. The number of aromatic nitrogens is 1. The van der Waals surface area contributed by atoms with Gasteiger partial charge in [-0.05, 0) is 35.7 Å². The fourth-order valence-corrected chi connectivity index (χ4v) is 3.11. The Kier molecular flexibility index (Phi) is 3.57. The lowest BCUT2D eigenvalue weighted by molar-refractivity contribution is 0.628. The zero-order chi connectivity index (χ0) is 13.1. The van der Waals surface area contributed by atoms with Gasteiger partial charge in [-0.15, -0.1) is 11.3 Å². The minimum Gasteiger partial charge on any atom is -0.379 e. The molecule has 5 heteroatoms. The Morgan fingerprint density at radius 1 is 1.11 bits per heavy atom. The smallest absolute Gasteiger partial charge is 0.123 e. The van der Waals surface area contributed by atoms with Gasteiger partial charge in [0.1, 0.15) is 10.8 Å². The largest absolute Gasteiger partial charge is 0.379 e. The number of hydrogen-bond acceptors (Lipinski definition) is 4. The van der Waals surface area contributed by atoms with Crippen molar-refractivity contribution in [3.05, 3.63) is 58.0 Å². The van der Waals surface area contributed by atoms with Crippen molar-refractivity contribution in [3.8, 4) is 10.6 Å². The Hall–Kier alpha value is -1.72. The van der Waals surface area contributed by atoms with Crippen LogP contribution in [0.2, 0.25) is 0 Å². The van der Waals surface area contributed by atoms with Gasteiger partial charge in [0.05, 0.1) is 12.2 Å². The average Bonchev–Trinajstić information content (AvgIpc) is 3.09. The predicted octanol–water partition coefficient (Wildman–Crippen LogP) is 4.62. The number of thiazole rings is 1. The highest BCUT2D eigenvalue weighted by Gasteiger charge is 2.05. The van der Waals surface area contributed by atoms with E-state index in [0.29, 0.717) is 6.54 Å². The molecule has 0 radical (unpaired) electrons. The lowest BCUT2D eigenvalue weighted by Gasteiger charge is -2.00. The predicted molar refractivity (Wildman–Crippen MR) is 79.2 cm³/mol. The molecule has 1 aromatic carbocycles. The summed E-state index contributed by atoms with van der Waals surface area (Å²) in [6.45, 7) is 0.703. The molecule has 19 heavy (non-hydrogen) atoms. The summed E-state index contributed by atoms with van der Waals surface area (Å²) in [6, 6.07) is 8.46. The Balaban J connectivity index is 1.70. The number of rotatable bonds is 4. The van der Waals surface area contributed by atoms with Crippen molar-refractivity contribution in [1.82, 2.24) is 4.98 Å². The first-order chi connectivity index (χ1) is 9.31. The third-order valence-electron chi connectivity index (χ3n) is 2.64. The summed E-state index contributed by atoms with van der Waals surface area (Å²) in [7, 11) is 0. The molecular formula is C14H11FN2S2. The second-order valence-electron chi connectivity index (χ2n) is 4.02. The van der Waals surface area contributed by atoms with Crippen molar-refractivity contribution >= 4 is 28.4 Å². The summed E-state index contributed by atoms with van der Waals surface area (Å²) in [5.41, 5.74) is 3.06. The normalized spacial score (nSPS) is 10.6. The standard InChI is InChI=1S/C14H11FN2S2/c15-11-3-1-10(2-4-11)14-17-13(9-19-14)7-16-12-5-6-18-8-12/h1-6,8-9,16H,7H2. The minimum atomic E-state index is -0.223. The van der Waals surface area contributed by atoms with Crippen LogP contribution in [0.4, 0.5) is 10.1 Å². The van der Waals surface area contributed by atoms with Crippen LogP contribution >= 0.6 is 22.7 Å². The maximum Gasteiger partial charge on any atom is 0.123 e. The van der Waals surface area contributed by atoms with Gasteiger partial charge in [-0.3, -0.25) is 0 Å². The van der Waals surface area contributed by atoms with E-state index >= 15 is 0 Å². The number of nitrogens with one attached hydrogen (secondary N) is 1. The van der Waals surface area contributed by atoms with Gasteiger partial charge in [-0.1, -0.05) is 0 Å². The molecule has 0 bridgehead atoms. The van der Waals surface area contributed by atoms with E-state index in [1.165, 1.54) is 12.1 Å². The molecule has 0 fully saturated rings. The van der Waals surface area contributed by atoms with Crippen molar-refractivity contribution < 1.29 is 4.39 Å². The molecule has 0 amide bonds. The number of halogens is 1. The van der Waals surface area contributed by atoms with Crippen LogP contribution in [0.3, 0.4) is 0 Å². The Bertz CT molecular complexity index is 644. The van der Waals surface area contributed by atoms with Crippen molar-refractivity contribution in [2.45, 2.75) is 6.54 Å². The summed E-state index contributed by atoms with van der Waals surface area (Å²) < 4.78 is 12.9. The fourth-order valence-electron chi connectivity index (χ4n) is 1.67. The van der Waals surface area contributed by atoms with Crippen LogP contribution < -0.4 is 5.32 Å². The maximum absolute atomic E-state index is 12.9. The minimum absolute atomic E-state index is 0.223. The van der Waals surface area contributed by atoms with Gasteiger partial charge in [0.25, 0.3) is 0 Å². The summed E-state index contributed by atoms with van der Waals surface area (Å²) >= 11 is 3.24. The molecule has 3 aromatic rings. The van der Waals surface area contributed by atoms with Gasteiger partial charge in [0.2, 0.25) is 0 Å². The summed E-state index contributed by atoms with van der Waals surface area (Å²) in [5.74, 6) is -0.223. The third-order valence-corrected chi connectivity index (χ3v) is 4.26. The van der Waals surface area contributed by atoms with Gasteiger partial charge in [-0.25, -0.2) is 9.37 Å². The lowest BCUT2D eigenvalue weighted by Crippen LogP contribution is -1.98. The van der Waals surface area contributed by atoms with Crippen LogP contribution in [-0.4, -0.2) is 4.98 Å². The molecule has 0 saturated carbocycles. The average molecular weight is 290 g/mol. The first-order valence-corrected chi connectivity index (χ1v) is 7.60. The van der Waals surface area contributed by atoms with E-state index in [1.54, 1.807) is 34.8 Å². The van der Waals surface area contributed by atoms with E-state index in [-0.39, 0.29) is 5.82 Å². The van der Waals surface area contributed by atoms with Crippen LogP contribution in [0, 0.1) is 5.82 Å². The van der Waals surface area contributed by atoms with Crippen LogP contribution in [0.25, 0.3) is 10.6 Å². The first-order valence-electron chi connectivity index (χ1n) is 5.78. The molecule has 0 unspecified atom stereocenters. The van der Waals surface area contributed by atoms with Gasteiger partial charge >= 0.3 is 0 Å². The molecule has 2 nitrogen and oxygen atoms in total. The zero-order valence-electron chi connectivity index (χ0n) is 9.97. The highest BCUT2D eigenvalue weighted by molar-refractivity contribution is 7.13. The molecule has 2 heterocycles. The first kappa shape index (κ1) is 12.3. The fraction of sp³-hybridized carbons (Fsp3) is 0.0714. The van der Waals surface area contributed by atoms with Crippen LogP contribution in [-0.2, 0) is 6.54 Å². The number of hydrogen-bond donors (Lipinski definition) is 1. The second-order valence-corrected chi connectivity index (χ2v) is 5.65. The monoisotopic (exact) mass is 290 g/mol. The van der Waals surface area contributed by atoms with E-state index < -0.39 is 0 Å². The number of anilines is 1. The Morgan fingerprint density at radius 3 is 2.68 bits per heavy atom. The van der Waals surface area contributed by atoms with Gasteiger partial charge in [0, 0.05) is 22.0 Å². The van der Waals surface area contributed by atoms with Crippen molar-refractivity contribution in [3.63, 3.8) is 0 Å². The van der Waals surface area contributed by atoms with E-state index in [0.717, 1.165) is 22.0 Å². The van der Waals surface area contributed by atoms with Gasteiger partial charge < -0.3 is 5.32 Å². The summed E-state index contributed by atoms with van der Waals surface area (Å²) in [6.07, 6.45) is 0. The molecule has 0 aliphatic rings. The molecule has 1 N–H and O–H groups in total. The van der Waals surface area contributed by atoms with Crippen LogP contribution in [0.5, 0.6) is 0 Å². The van der Waals surface area contributed by atoms with E-state index in [2.05, 4.69) is 15.7 Å². The van der Waals surface area contributed by atoms with Gasteiger partial charge in [-0.2, -0.15) is 11.3 Å². The molecule has 0 aliphatic carbocycles. The summed E-state index contributed by atoms with van der Waals surface area (Å²) in [5, 5.41) is 10.4. The molecule has 96 valence electrons.